The number of hydrogen-bond donors (Lipinski definition) is 3. The van der Waals surface area contributed by atoms with Crippen molar-refractivity contribution in [3.63, 3.8) is 0 Å². The fraction of sp³-hybridized carbons (Fsp3) is 0.333. The quantitative estimate of drug-likeness (QED) is 0.666. The van der Waals surface area contributed by atoms with Gasteiger partial charge in [0.05, 0.1) is 6.04 Å². The summed E-state index contributed by atoms with van der Waals surface area (Å²) in [7, 11) is 0. The first kappa shape index (κ1) is 9.57. The van der Waals surface area contributed by atoms with E-state index in [4.69, 9.17) is 9.52 Å². The number of nitrogens with one attached hydrogen (secondary N) is 2. The number of furan rings is 1. The minimum Gasteiger partial charge on any atom is -0.475 e. The highest BCUT2D eigenvalue weighted by atomic mass is 16.4. The summed E-state index contributed by atoms with van der Waals surface area (Å²) in [5, 5.41) is 14.2. The second-order valence-corrected chi connectivity index (χ2v) is 3.32. The standard InChI is InChI=1S/C9H10N2O4/c12-7-3-5(4-10-7)11-8-2-1-6(15-8)9(13)14/h1-2,5,11H,3-4H2,(H,10,12)(H,13,14). The fourth-order valence-electron chi connectivity index (χ4n) is 1.44. The molecule has 0 saturated carbocycles. The van der Waals surface area contributed by atoms with Crippen LogP contribution in [0.3, 0.4) is 0 Å². The van der Waals surface area contributed by atoms with Gasteiger partial charge in [0, 0.05) is 19.0 Å². The number of carbonyl (C=O) groups is 2. The van der Waals surface area contributed by atoms with E-state index in [2.05, 4.69) is 10.6 Å². The van der Waals surface area contributed by atoms with E-state index in [1.807, 2.05) is 0 Å². The van der Waals surface area contributed by atoms with Crippen LogP contribution in [0.5, 0.6) is 0 Å². The van der Waals surface area contributed by atoms with Crippen LogP contribution in [0.15, 0.2) is 16.5 Å². The normalized spacial score (nSPS) is 20.0. The maximum Gasteiger partial charge on any atom is 0.371 e. The van der Waals surface area contributed by atoms with Gasteiger partial charge in [-0.1, -0.05) is 0 Å². The Morgan fingerprint density at radius 1 is 1.60 bits per heavy atom. The predicted octanol–water partition coefficient (Wildman–Crippen LogP) is 0.278. The van der Waals surface area contributed by atoms with Gasteiger partial charge < -0.3 is 20.2 Å². The smallest absolute Gasteiger partial charge is 0.371 e. The van der Waals surface area contributed by atoms with Crippen LogP contribution >= 0.6 is 0 Å². The van der Waals surface area contributed by atoms with Crippen LogP contribution in [0.2, 0.25) is 0 Å². The second-order valence-electron chi connectivity index (χ2n) is 3.32. The van der Waals surface area contributed by atoms with Gasteiger partial charge >= 0.3 is 5.97 Å². The zero-order chi connectivity index (χ0) is 10.8. The van der Waals surface area contributed by atoms with Crippen LogP contribution in [-0.2, 0) is 4.79 Å². The van der Waals surface area contributed by atoms with E-state index in [1.165, 1.54) is 12.1 Å². The average Bonchev–Trinajstić information content (AvgIpc) is 2.76. The number of anilines is 1. The molecule has 0 bridgehead atoms. The largest absolute Gasteiger partial charge is 0.475 e. The fourth-order valence-corrected chi connectivity index (χ4v) is 1.44. The summed E-state index contributed by atoms with van der Waals surface area (Å²) >= 11 is 0. The predicted molar refractivity (Wildman–Crippen MR) is 50.7 cm³/mol. The number of aromatic carboxylic acids is 1. The summed E-state index contributed by atoms with van der Waals surface area (Å²) in [6.45, 7) is 0.530. The molecule has 0 spiro atoms. The van der Waals surface area contributed by atoms with E-state index in [9.17, 15) is 9.59 Å². The Labute approximate surface area is 85.3 Å². The third-order valence-corrected chi connectivity index (χ3v) is 2.14. The summed E-state index contributed by atoms with van der Waals surface area (Å²) in [6, 6.07) is 2.87. The molecule has 2 heterocycles. The van der Waals surface area contributed by atoms with Crippen molar-refractivity contribution in [3.05, 3.63) is 17.9 Å². The molecule has 0 aromatic carbocycles. The van der Waals surface area contributed by atoms with Crippen LogP contribution in [-0.4, -0.2) is 29.6 Å². The number of carboxylic acids is 1. The van der Waals surface area contributed by atoms with Crippen LogP contribution < -0.4 is 10.6 Å². The molecular weight excluding hydrogens is 200 g/mol. The molecule has 1 saturated heterocycles. The minimum absolute atomic E-state index is 0.0162. The molecule has 1 aromatic heterocycles. The van der Waals surface area contributed by atoms with Crippen molar-refractivity contribution >= 4 is 17.8 Å². The first-order valence-corrected chi connectivity index (χ1v) is 4.51. The molecule has 1 aliphatic heterocycles. The maximum atomic E-state index is 10.9. The summed E-state index contributed by atoms with van der Waals surface area (Å²) in [4.78, 5) is 21.4. The van der Waals surface area contributed by atoms with Crippen molar-refractivity contribution in [1.82, 2.24) is 5.32 Å². The Balaban J connectivity index is 1.99. The zero-order valence-corrected chi connectivity index (χ0v) is 7.82. The lowest BCUT2D eigenvalue weighted by Gasteiger charge is -2.07. The lowest BCUT2D eigenvalue weighted by atomic mass is 10.2. The Bertz CT molecular complexity index is 399. The first-order valence-electron chi connectivity index (χ1n) is 4.51. The van der Waals surface area contributed by atoms with Gasteiger partial charge in [-0.3, -0.25) is 4.79 Å². The highest BCUT2D eigenvalue weighted by molar-refractivity contribution is 5.85. The van der Waals surface area contributed by atoms with E-state index >= 15 is 0 Å². The highest BCUT2D eigenvalue weighted by Gasteiger charge is 2.22. The highest BCUT2D eigenvalue weighted by Crippen LogP contribution is 2.16. The van der Waals surface area contributed by atoms with Crippen LogP contribution in [0.4, 0.5) is 5.88 Å². The molecule has 6 heteroatoms. The summed E-state index contributed by atoms with van der Waals surface area (Å²) < 4.78 is 4.99. The molecule has 1 amide bonds. The summed E-state index contributed by atoms with van der Waals surface area (Å²) in [5.41, 5.74) is 0. The number of rotatable bonds is 3. The molecule has 80 valence electrons. The molecule has 1 fully saturated rings. The van der Waals surface area contributed by atoms with E-state index in [0.717, 1.165) is 0 Å². The molecule has 1 atom stereocenters. The minimum atomic E-state index is -1.11. The third-order valence-electron chi connectivity index (χ3n) is 2.14. The maximum absolute atomic E-state index is 10.9. The van der Waals surface area contributed by atoms with Gasteiger partial charge in [-0.15, -0.1) is 0 Å². The number of carboxylic acid groups (broad SMARTS) is 1. The van der Waals surface area contributed by atoms with E-state index in [1.54, 1.807) is 0 Å². The summed E-state index contributed by atoms with van der Waals surface area (Å²) in [5.74, 6) is -0.870. The van der Waals surface area contributed by atoms with Crippen LogP contribution in [0, 0.1) is 0 Å². The van der Waals surface area contributed by atoms with Gasteiger partial charge in [0.2, 0.25) is 11.7 Å². The van der Waals surface area contributed by atoms with Gasteiger partial charge in [-0.2, -0.15) is 0 Å². The summed E-state index contributed by atoms with van der Waals surface area (Å²) in [6.07, 6.45) is 0.378. The van der Waals surface area contributed by atoms with Gasteiger partial charge in [-0.05, 0) is 6.07 Å². The van der Waals surface area contributed by atoms with Crippen molar-refractivity contribution in [3.8, 4) is 0 Å². The molecule has 3 N–H and O–H groups in total. The third kappa shape index (κ3) is 2.09. The SMILES string of the molecule is O=C1CC(Nc2ccc(C(=O)O)o2)CN1. The van der Waals surface area contributed by atoms with E-state index < -0.39 is 5.97 Å². The molecule has 1 aromatic rings. The van der Waals surface area contributed by atoms with Crippen molar-refractivity contribution in [2.75, 3.05) is 11.9 Å². The number of carbonyl (C=O) groups excluding carboxylic acids is 1. The Hall–Kier alpha value is -1.98. The molecule has 1 aliphatic rings. The van der Waals surface area contributed by atoms with Crippen molar-refractivity contribution < 1.29 is 19.1 Å². The van der Waals surface area contributed by atoms with Crippen LogP contribution in [0.25, 0.3) is 0 Å². The molecule has 1 unspecified atom stereocenters. The molecule has 2 rings (SSSR count). The lowest BCUT2D eigenvalue weighted by Crippen LogP contribution is -2.21. The Morgan fingerprint density at radius 3 is 2.93 bits per heavy atom. The Morgan fingerprint density at radius 2 is 2.40 bits per heavy atom. The monoisotopic (exact) mass is 210 g/mol. The topological polar surface area (TPSA) is 91.6 Å². The first-order chi connectivity index (χ1) is 7.15. The van der Waals surface area contributed by atoms with E-state index in [-0.39, 0.29) is 17.7 Å². The average molecular weight is 210 g/mol. The van der Waals surface area contributed by atoms with Gasteiger partial charge in [-0.25, -0.2) is 4.79 Å². The van der Waals surface area contributed by atoms with Gasteiger partial charge in [0.1, 0.15) is 0 Å². The zero-order valence-electron chi connectivity index (χ0n) is 7.82. The molecule has 15 heavy (non-hydrogen) atoms. The molecular formula is C9H10N2O4. The molecule has 0 aliphatic carbocycles. The van der Waals surface area contributed by atoms with Crippen LogP contribution in [0.1, 0.15) is 17.0 Å². The van der Waals surface area contributed by atoms with Crippen molar-refractivity contribution in [1.29, 1.82) is 0 Å². The second kappa shape index (κ2) is 3.64. The van der Waals surface area contributed by atoms with Gasteiger partial charge in [0.15, 0.2) is 5.88 Å². The number of hydrogen-bond acceptors (Lipinski definition) is 4. The van der Waals surface area contributed by atoms with E-state index in [0.29, 0.717) is 18.8 Å². The van der Waals surface area contributed by atoms with Crippen molar-refractivity contribution in [2.24, 2.45) is 0 Å². The molecule has 6 nitrogen and oxygen atoms in total. The lowest BCUT2D eigenvalue weighted by molar-refractivity contribution is -0.119. The van der Waals surface area contributed by atoms with Crippen molar-refractivity contribution in [2.45, 2.75) is 12.5 Å². The van der Waals surface area contributed by atoms with Gasteiger partial charge in [0.25, 0.3) is 0 Å². The Kier molecular flexibility index (Phi) is 2.32. The number of amides is 1. The molecule has 0 radical (unpaired) electrons.